The van der Waals surface area contributed by atoms with Gasteiger partial charge in [0.2, 0.25) is 0 Å². The number of methoxy groups -OCH3 is 2. The SMILES string of the molecule is COc1ccc(S(=O)(=O)N2C(=O)C3(CCCCCC3)c3cc(Cl)ccc32)c(OC)c1. The van der Waals surface area contributed by atoms with Crippen molar-refractivity contribution in [2.75, 3.05) is 18.5 Å². The summed E-state index contributed by atoms with van der Waals surface area (Å²) >= 11 is 6.26. The van der Waals surface area contributed by atoms with E-state index in [1.54, 1.807) is 24.3 Å². The predicted octanol–water partition coefficient (Wildman–Crippen LogP) is 4.68. The number of carbonyl (C=O) groups excluding carboxylic acids is 1. The van der Waals surface area contributed by atoms with E-state index in [0.29, 0.717) is 34.9 Å². The number of amides is 1. The number of carbonyl (C=O) groups is 1. The molecule has 1 spiro atoms. The molecule has 0 unspecified atom stereocenters. The third kappa shape index (κ3) is 3.15. The zero-order valence-electron chi connectivity index (χ0n) is 17.0. The van der Waals surface area contributed by atoms with Gasteiger partial charge in [-0.3, -0.25) is 4.79 Å². The molecule has 1 fully saturated rings. The number of rotatable bonds is 4. The first kappa shape index (κ1) is 21.0. The van der Waals surface area contributed by atoms with Crippen LogP contribution >= 0.6 is 11.6 Å². The summed E-state index contributed by atoms with van der Waals surface area (Å²) in [5.41, 5.74) is 0.228. The third-order valence-electron chi connectivity index (χ3n) is 6.13. The maximum Gasteiger partial charge on any atom is 0.274 e. The average molecular weight is 450 g/mol. The van der Waals surface area contributed by atoms with Crippen molar-refractivity contribution in [1.29, 1.82) is 0 Å². The van der Waals surface area contributed by atoms with Crippen molar-refractivity contribution < 1.29 is 22.7 Å². The van der Waals surface area contributed by atoms with Gasteiger partial charge in [0.15, 0.2) is 0 Å². The molecule has 0 radical (unpaired) electrons. The normalized spacial score (nSPS) is 18.2. The summed E-state index contributed by atoms with van der Waals surface area (Å²) in [4.78, 5) is 13.7. The van der Waals surface area contributed by atoms with Crippen LogP contribution < -0.4 is 13.8 Å². The van der Waals surface area contributed by atoms with Gasteiger partial charge in [0.05, 0.1) is 25.3 Å². The van der Waals surface area contributed by atoms with Crippen molar-refractivity contribution in [2.45, 2.75) is 48.8 Å². The highest BCUT2D eigenvalue weighted by Crippen LogP contribution is 2.52. The summed E-state index contributed by atoms with van der Waals surface area (Å²) in [6.07, 6.45) is 5.04. The number of ether oxygens (including phenoxy) is 2. The van der Waals surface area contributed by atoms with Gasteiger partial charge >= 0.3 is 0 Å². The quantitative estimate of drug-likeness (QED) is 0.677. The van der Waals surface area contributed by atoms with Crippen LogP contribution in [0.15, 0.2) is 41.3 Å². The molecule has 6 nitrogen and oxygen atoms in total. The second-order valence-electron chi connectivity index (χ2n) is 7.75. The van der Waals surface area contributed by atoms with Crippen LogP contribution in [-0.2, 0) is 20.2 Å². The molecule has 0 aromatic heterocycles. The van der Waals surface area contributed by atoms with E-state index in [1.165, 1.54) is 26.4 Å². The topological polar surface area (TPSA) is 72.9 Å². The van der Waals surface area contributed by atoms with E-state index in [2.05, 4.69) is 0 Å². The molecule has 2 aromatic carbocycles. The smallest absolute Gasteiger partial charge is 0.274 e. The Bertz CT molecular complexity index is 1090. The molecule has 0 N–H and O–H groups in total. The summed E-state index contributed by atoms with van der Waals surface area (Å²) in [6, 6.07) is 9.45. The van der Waals surface area contributed by atoms with E-state index in [0.717, 1.165) is 30.0 Å². The Hall–Kier alpha value is -2.25. The maximum absolute atomic E-state index is 13.8. The van der Waals surface area contributed by atoms with Crippen LogP contribution in [0.25, 0.3) is 0 Å². The Morgan fingerprint density at radius 1 is 0.967 bits per heavy atom. The highest BCUT2D eigenvalue weighted by molar-refractivity contribution is 7.93. The Labute approximate surface area is 181 Å². The zero-order chi connectivity index (χ0) is 21.5. The van der Waals surface area contributed by atoms with Crippen molar-refractivity contribution in [3.63, 3.8) is 0 Å². The molecule has 160 valence electrons. The molecule has 1 aliphatic heterocycles. The van der Waals surface area contributed by atoms with Gasteiger partial charge in [0.1, 0.15) is 16.4 Å². The van der Waals surface area contributed by atoms with Crippen LogP contribution in [0.5, 0.6) is 11.5 Å². The molecule has 1 saturated carbocycles. The summed E-state index contributed by atoms with van der Waals surface area (Å²) in [5.74, 6) is 0.185. The number of hydrogen-bond donors (Lipinski definition) is 0. The van der Waals surface area contributed by atoms with Gasteiger partial charge in [-0.15, -0.1) is 0 Å². The lowest BCUT2D eigenvalue weighted by Gasteiger charge is -2.27. The standard InChI is InChI=1S/C22H24ClNO5S/c1-28-16-8-10-20(19(14-16)29-2)30(26,27)24-18-9-7-15(23)13-17(18)22(21(24)25)11-5-3-4-6-12-22/h7-10,13-14H,3-6,11-12H2,1-2H3. The van der Waals surface area contributed by atoms with Gasteiger partial charge in [-0.25, -0.2) is 12.7 Å². The van der Waals surface area contributed by atoms with E-state index >= 15 is 0 Å². The molecule has 0 saturated heterocycles. The first-order chi connectivity index (χ1) is 14.3. The highest BCUT2D eigenvalue weighted by Gasteiger charge is 2.54. The fraction of sp³-hybridized carbons (Fsp3) is 0.409. The third-order valence-corrected chi connectivity index (χ3v) is 8.10. The second-order valence-corrected chi connectivity index (χ2v) is 9.94. The molecule has 1 aliphatic carbocycles. The number of hydrogen-bond acceptors (Lipinski definition) is 5. The maximum atomic E-state index is 13.8. The number of nitrogens with zero attached hydrogens (tertiary/aromatic N) is 1. The van der Waals surface area contributed by atoms with Crippen molar-refractivity contribution in [2.24, 2.45) is 0 Å². The number of benzene rings is 2. The van der Waals surface area contributed by atoms with Crippen molar-refractivity contribution in [3.05, 3.63) is 47.0 Å². The molecule has 0 atom stereocenters. The minimum atomic E-state index is -4.21. The number of anilines is 1. The lowest BCUT2D eigenvalue weighted by atomic mass is 9.75. The molecule has 2 aliphatic rings. The number of sulfonamides is 1. The highest BCUT2D eigenvalue weighted by atomic mass is 35.5. The van der Waals surface area contributed by atoms with Gasteiger partial charge in [0, 0.05) is 11.1 Å². The molecule has 2 aromatic rings. The van der Waals surface area contributed by atoms with Gasteiger partial charge in [-0.1, -0.05) is 37.3 Å². The molecular weight excluding hydrogens is 426 g/mol. The second kappa shape index (κ2) is 7.78. The first-order valence-corrected chi connectivity index (χ1v) is 11.8. The van der Waals surface area contributed by atoms with Crippen molar-refractivity contribution >= 4 is 33.2 Å². The van der Waals surface area contributed by atoms with E-state index < -0.39 is 21.3 Å². The molecule has 1 amide bonds. The van der Waals surface area contributed by atoms with Crippen molar-refractivity contribution in [3.8, 4) is 11.5 Å². The predicted molar refractivity (Wildman–Crippen MR) is 115 cm³/mol. The van der Waals surface area contributed by atoms with E-state index in [-0.39, 0.29) is 10.6 Å². The largest absolute Gasteiger partial charge is 0.497 e. The van der Waals surface area contributed by atoms with Crippen molar-refractivity contribution in [1.82, 2.24) is 0 Å². The van der Waals surface area contributed by atoms with Gasteiger partial charge < -0.3 is 9.47 Å². The summed E-state index contributed by atoms with van der Waals surface area (Å²) in [5, 5.41) is 0.492. The van der Waals surface area contributed by atoms with Crippen LogP contribution in [0.2, 0.25) is 5.02 Å². The van der Waals surface area contributed by atoms with Gasteiger partial charge in [0.25, 0.3) is 15.9 Å². The first-order valence-electron chi connectivity index (χ1n) is 9.97. The summed E-state index contributed by atoms with van der Waals surface area (Å²) in [6.45, 7) is 0. The monoisotopic (exact) mass is 449 g/mol. The van der Waals surface area contributed by atoms with Crippen LogP contribution in [0.1, 0.15) is 44.1 Å². The lowest BCUT2D eigenvalue weighted by Crippen LogP contribution is -2.43. The molecular formula is C22H24ClNO5S. The molecule has 30 heavy (non-hydrogen) atoms. The Kier molecular flexibility index (Phi) is 5.45. The Morgan fingerprint density at radius 2 is 1.67 bits per heavy atom. The van der Waals surface area contributed by atoms with Crippen LogP contribution in [0, 0.1) is 0 Å². The summed E-state index contributed by atoms with van der Waals surface area (Å²) < 4.78 is 38.9. The fourth-order valence-corrected chi connectivity index (χ4v) is 6.44. The van der Waals surface area contributed by atoms with E-state index in [4.69, 9.17) is 21.1 Å². The van der Waals surface area contributed by atoms with Crippen LogP contribution in [0.4, 0.5) is 5.69 Å². The van der Waals surface area contributed by atoms with E-state index in [9.17, 15) is 13.2 Å². The minimum Gasteiger partial charge on any atom is -0.497 e. The fourth-order valence-electron chi connectivity index (χ4n) is 4.63. The van der Waals surface area contributed by atoms with E-state index in [1.807, 2.05) is 0 Å². The molecule has 8 heteroatoms. The van der Waals surface area contributed by atoms with Crippen LogP contribution in [0.3, 0.4) is 0 Å². The number of fused-ring (bicyclic) bond motifs is 2. The summed E-state index contributed by atoms with van der Waals surface area (Å²) in [7, 11) is -1.33. The average Bonchev–Trinajstić information content (AvgIpc) is 2.89. The van der Waals surface area contributed by atoms with Gasteiger partial charge in [-0.05, 0) is 48.7 Å². The zero-order valence-corrected chi connectivity index (χ0v) is 18.6. The molecule has 0 bridgehead atoms. The number of halogens is 1. The van der Waals surface area contributed by atoms with Crippen LogP contribution in [-0.4, -0.2) is 28.5 Å². The van der Waals surface area contributed by atoms with Gasteiger partial charge in [-0.2, -0.15) is 0 Å². The lowest BCUT2D eigenvalue weighted by molar-refractivity contribution is -0.122. The minimum absolute atomic E-state index is 0.0780. The molecule has 1 heterocycles. The Morgan fingerprint density at radius 3 is 2.30 bits per heavy atom. The molecule has 4 rings (SSSR count). The Balaban J connectivity index is 1.90.